The lowest BCUT2D eigenvalue weighted by molar-refractivity contribution is 0.0766. The van der Waals surface area contributed by atoms with E-state index in [4.69, 9.17) is 0 Å². The number of carbonyl (C=O) groups excluding carboxylic acids is 1. The first-order valence-electron chi connectivity index (χ1n) is 7.13. The SMILES string of the molecule is O=C(c1cn(C2CCCCC2)nn1)N1CCSCC1. The lowest BCUT2D eigenvalue weighted by atomic mass is 9.96. The van der Waals surface area contributed by atoms with Crippen LogP contribution in [-0.4, -0.2) is 50.4 Å². The van der Waals surface area contributed by atoms with E-state index >= 15 is 0 Å². The molecule has 1 saturated carbocycles. The van der Waals surface area contributed by atoms with E-state index in [1.165, 1.54) is 19.3 Å². The molecule has 1 amide bonds. The Morgan fingerprint density at radius 2 is 1.95 bits per heavy atom. The third-order valence-corrected chi connectivity index (χ3v) is 4.92. The first kappa shape index (κ1) is 13.0. The van der Waals surface area contributed by atoms with Crippen molar-refractivity contribution in [1.29, 1.82) is 0 Å². The zero-order chi connectivity index (χ0) is 13.1. The number of rotatable bonds is 2. The van der Waals surface area contributed by atoms with Crippen LogP contribution in [0.5, 0.6) is 0 Å². The van der Waals surface area contributed by atoms with Crippen molar-refractivity contribution >= 4 is 17.7 Å². The monoisotopic (exact) mass is 280 g/mol. The van der Waals surface area contributed by atoms with Gasteiger partial charge in [-0.1, -0.05) is 24.5 Å². The average Bonchev–Trinajstić information content (AvgIpc) is 2.98. The summed E-state index contributed by atoms with van der Waals surface area (Å²) in [5, 5.41) is 8.25. The highest BCUT2D eigenvalue weighted by Crippen LogP contribution is 2.27. The summed E-state index contributed by atoms with van der Waals surface area (Å²) in [5.74, 6) is 2.10. The van der Waals surface area contributed by atoms with E-state index in [0.29, 0.717) is 11.7 Å². The van der Waals surface area contributed by atoms with Gasteiger partial charge in [0.1, 0.15) is 0 Å². The maximum atomic E-state index is 12.3. The fourth-order valence-electron chi connectivity index (χ4n) is 2.83. The van der Waals surface area contributed by atoms with Gasteiger partial charge in [-0.05, 0) is 12.8 Å². The standard InChI is InChI=1S/C13H20N4OS/c18-13(16-6-8-19-9-7-16)12-10-17(15-14-12)11-4-2-1-3-5-11/h10-11H,1-9H2. The molecule has 0 spiro atoms. The summed E-state index contributed by atoms with van der Waals surface area (Å²) in [5.41, 5.74) is 0.512. The van der Waals surface area contributed by atoms with Crippen molar-refractivity contribution < 1.29 is 4.79 Å². The third-order valence-electron chi connectivity index (χ3n) is 3.98. The van der Waals surface area contributed by atoms with Gasteiger partial charge in [0.2, 0.25) is 0 Å². The fourth-order valence-corrected chi connectivity index (χ4v) is 3.73. The highest BCUT2D eigenvalue weighted by atomic mass is 32.2. The minimum atomic E-state index is 0.0439. The Labute approximate surface area is 117 Å². The Morgan fingerprint density at radius 3 is 2.68 bits per heavy atom. The topological polar surface area (TPSA) is 51.0 Å². The van der Waals surface area contributed by atoms with Crippen molar-refractivity contribution in [2.75, 3.05) is 24.6 Å². The number of carbonyl (C=O) groups is 1. The van der Waals surface area contributed by atoms with Crippen LogP contribution < -0.4 is 0 Å². The molecule has 1 aromatic rings. The van der Waals surface area contributed by atoms with E-state index in [9.17, 15) is 4.79 Å². The summed E-state index contributed by atoms with van der Waals surface area (Å²) in [6.45, 7) is 1.67. The second-order valence-corrected chi connectivity index (χ2v) is 6.50. The molecule has 2 aliphatic rings. The van der Waals surface area contributed by atoms with Crippen LogP contribution in [0.15, 0.2) is 6.20 Å². The lowest BCUT2D eigenvalue weighted by Crippen LogP contribution is -2.38. The summed E-state index contributed by atoms with van der Waals surface area (Å²) in [7, 11) is 0. The van der Waals surface area contributed by atoms with Gasteiger partial charge in [-0.15, -0.1) is 5.10 Å². The minimum Gasteiger partial charge on any atom is -0.336 e. The Morgan fingerprint density at radius 1 is 1.21 bits per heavy atom. The van der Waals surface area contributed by atoms with Crippen LogP contribution >= 0.6 is 11.8 Å². The van der Waals surface area contributed by atoms with Gasteiger partial charge in [0.25, 0.3) is 5.91 Å². The van der Waals surface area contributed by atoms with Crippen LogP contribution in [0.25, 0.3) is 0 Å². The molecule has 0 atom stereocenters. The smallest absolute Gasteiger partial charge is 0.276 e. The van der Waals surface area contributed by atoms with Crippen LogP contribution in [0.3, 0.4) is 0 Å². The predicted octanol–water partition coefficient (Wildman–Crippen LogP) is 1.97. The van der Waals surface area contributed by atoms with Crippen LogP contribution in [0.4, 0.5) is 0 Å². The van der Waals surface area contributed by atoms with Crippen molar-refractivity contribution in [3.05, 3.63) is 11.9 Å². The average molecular weight is 280 g/mol. The molecule has 1 saturated heterocycles. The molecule has 0 bridgehead atoms. The first-order chi connectivity index (χ1) is 9.34. The number of hydrogen-bond acceptors (Lipinski definition) is 4. The molecule has 104 valence electrons. The molecule has 0 unspecified atom stereocenters. The van der Waals surface area contributed by atoms with Crippen LogP contribution in [0.1, 0.15) is 48.6 Å². The van der Waals surface area contributed by atoms with Crippen molar-refractivity contribution in [2.24, 2.45) is 0 Å². The summed E-state index contributed by atoms with van der Waals surface area (Å²) >= 11 is 1.90. The molecule has 2 fully saturated rings. The van der Waals surface area contributed by atoms with Gasteiger partial charge < -0.3 is 4.90 Å². The highest BCUT2D eigenvalue weighted by molar-refractivity contribution is 7.99. The second kappa shape index (κ2) is 5.94. The van der Waals surface area contributed by atoms with Gasteiger partial charge in [0, 0.05) is 24.6 Å². The number of amides is 1. The van der Waals surface area contributed by atoms with E-state index in [2.05, 4.69) is 10.3 Å². The molecule has 1 aliphatic carbocycles. The van der Waals surface area contributed by atoms with Crippen LogP contribution in [0.2, 0.25) is 0 Å². The summed E-state index contributed by atoms with van der Waals surface area (Å²) in [6.07, 6.45) is 8.02. The van der Waals surface area contributed by atoms with Crippen LogP contribution in [0, 0.1) is 0 Å². The summed E-state index contributed by atoms with van der Waals surface area (Å²) < 4.78 is 1.91. The minimum absolute atomic E-state index is 0.0439. The Bertz CT molecular complexity index is 436. The lowest BCUT2D eigenvalue weighted by Gasteiger charge is -2.25. The molecule has 0 aromatic carbocycles. The maximum Gasteiger partial charge on any atom is 0.276 e. The fraction of sp³-hybridized carbons (Fsp3) is 0.769. The van der Waals surface area contributed by atoms with Gasteiger partial charge in [-0.25, -0.2) is 4.68 Å². The van der Waals surface area contributed by atoms with Crippen molar-refractivity contribution in [1.82, 2.24) is 19.9 Å². The zero-order valence-corrected chi connectivity index (χ0v) is 11.9. The van der Waals surface area contributed by atoms with Crippen LogP contribution in [-0.2, 0) is 0 Å². The van der Waals surface area contributed by atoms with Crippen molar-refractivity contribution in [3.63, 3.8) is 0 Å². The van der Waals surface area contributed by atoms with E-state index in [1.807, 2.05) is 27.5 Å². The summed E-state index contributed by atoms with van der Waals surface area (Å²) in [6, 6.07) is 0.444. The molecule has 5 nitrogen and oxygen atoms in total. The number of hydrogen-bond donors (Lipinski definition) is 0. The summed E-state index contributed by atoms with van der Waals surface area (Å²) in [4.78, 5) is 14.2. The molecular formula is C13H20N4OS. The van der Waals surface area contributed by atoms with Gasteiger partial charge >= 0.3 is 0 Å². The van der Waals surface area contributed by atoms with Crippen molar-refractivity contribution in [3.8, 4) is 0 Å². The Hall–Kier alpha value is -1.04. The van der Waals surface area contributed by atoms with E-state index in [0.717, 1.165) is 37.4 Å². The molecule has 3 rings (SSSR count). The Balaban J connectivity index is 1.67. The normalized spacial score (nSPS) is 21.6. The first-order valence-corrected chi connectivity index (χ1v) is 8.29. The van der Waals surface area contributed by atoms with Gasteiger partial charge in [0.05, 0.1) is 12.2 Å². The van der Waals surface area contributed by atoms with Gasteiger partial charge in [0.15, 0.2) is 5.69 Å². The van der Waals surface area contributed by atoms with Gasteiger partial charge in [-0.2, -0.15) is 11.8 Å². The van der Waals surface area contributed by atoms with E-state index in [1.54, 1.807) is 0 Å². The number of thioether (sulfide) groups is 1. The molecule has 1 aromatic heterocycles. The van der Waals surface area contributed by atoms with E-state index < -0.39 is 0 Å². The molecule has 0 radical (unpaired) electrons. The largest absolute Gasteiger partial charge is 0.336 e. The quantitative estimate of drug-likeness (QED) is 0.831. The molecular weight excluding hydrogens is 260 g/mol. The van der Waals surface area contributed by atoms with E-state index in [-0.39, 0.29) is 5.91 Å². The second-order valence-electron chi connectivity index (χ2n) is 5.28. The van der Waals surface area contributed by atoms with Gasteiger partial charge in [-0.3, -0.25) is 4.79 Å². The zero-order valence-electron chi connectivity index (χ0n) is 11.1. The third kappa shape index (κ3) is 2.94. The molecule has 1 aliphatic heterocycles. The molecule has 6 heteroatoms. The van der Waals surface area contributed by atoms with Crippen molar-refractivity contribution in [2.45, 2.75) is 38.1 Å². The number of nitrogens with zero attached hydrogens (tertiary/aromatic N) is 4. The highest BCUT2D eigenvalue weighted by Gasteiger charge is 2.23. The number of aromatic nitrogens is 3. The molecule has 0 N–H and O–H groups in total. The molecule has 19 heavy (non-hydrogen) atoms. The Kier molecular flexibility index (Phi) is 4.06. The predicted molar refractivity (Wildman–Crippen MR) is 75.4 cm³/mol. The maximum absolute atomic E-state index is 12.3. The molecule has 2 heterocycles.